The van der Waals surface area contributed by atoms with Crippen LogP contribution in [0.15, 0.2) is 18.3 Å². The molecule has 0 aliphatic rings. The Morgan fingerprint density at radius 1 is 1.45 bits per heavy atom. The summed E-state index contributed by atoms with van der Waals surface area (Å²) in [5.74, 6) is -0.416. The summed E-state index contributed by atoms with van der Waals surface area (Å²) in [7, 11) is 0. The fraction of sp³-hybridized carbons (Fsp3) is 0. The molecule has 1 aromatic heterocycles. The predicted octanol–water partition coefficient (Wildman–Crippen LogP) is 2.36. The summed E-state index contributed by atoms with van der Waals surface area (Å²) in [5.41, 5.74) is 0.747. The second-order valence-corrected chi connectivity index (χ2v) is 2.57. The van der Waals surface area contributed by atoms with Crippen LogP contribution in [-0.2, 0) is 0 Å². The topological polar surface area (TPSA) is 28.7 Å². The van der Waals surface area contributed by atoms with Crippen molar-refractivity contribution in [3.63, 3.8) is 0 Å². The maximum atomic E-state index is 12.8. The summed E-state index contributed by atoms with van der Waals surface area (Å²) in [5, 5.41) is 7.15. The van der Waals surface area contributed by atoms with Gasteiger partial charge in [0.2, 0.25) is 0 Å². The van der Waals surface area contributed by atoms with Crippen LogP contribution in [-0.4, -0.2) is 10.2 Å². The van der Waals surface area contributed by atoms with Crippen LogP contribution in [0.25, 0.3) is 10.9 Å². The third-order valence-corrected chi connectivity index (χ3v) is 1.90. The fourth-order valence-corrected chi connectivity index (χ4v) is 1.17. The van der Waals surface area contributed by atoms with Crippen molar-refractivity contribution < 1.29 is 4.39 Å². The zero-order valence-corrected chi connectivity index (χ0v) is 6.19. The van der Waals surface area contributed by atoms with E-state index in [1.54, 1.807) is 6.07 Å². The van der Waals surface area contributed by atoms with Crippen LogP contribution < -0.4 is 0 Å². The Labute approximate surface area is 67.0 Å². The van der Waals surface area contributed by atoms with Crippen LogP contribution in [0.3, 0.4) is 0 Å². The SMILES string of the molecule is Fc1ccc2[nH]ncc2c1Cl. The number of hydrogen-bond donors (Lipinski definition) is 1. The minimum atomic E-state index is -0.416. The van der Waals surface area contributed by atoms with E-state index in [9.17, 15) is 4.39 Å². The summed E-state index contributed by atoms with van der Waals surface area (Å²) in [6.45, 7) is 0. The van der Waals surface area contributed by atoms with Gasteiger partial charge in [-0.3, -0.25) is 5.10 Å². The zero-order chi connectivity index (χ0) is 7.84. The molecule has 0 aliphatic carbocycles. The number of fused-ring (bicyclic) bond motifs is 1. The standard InChI is InChI=1S/C7H4ClFN2/c8-7-4-3-10-11-6(4)2-1-5(7)9/h1-3H,(H,10,11). The molecule has 0 unspecified atom stereocenters. The summed E-state index contributed by atoms with van der Waals surface area (Å²) in [6.07, 6.45) is 1.50. The van der Waals surface area contributed by atoms with Gasteiger partial charge in [-0.25, -0.2) is 4.39 Å². The van der Waals surface area contributed by atoms with Gasteiger partial charge in [0.15, 0.2) is 0 Å². The van der Waals surface area contributed by atoms with Crippen molar-refractivity contribution in [1.82, 2.24) is 10.2 Å². The Kier molecular flexibility index (Phi) is 1.32. The normalized spacial score (nSPS) is 10.7. The fourth-order valence-electron chi connectivity index (χ4n) is 0.956. The Balaban J connectivity index is 2.93. The molecular formula is C7H4ClFN2. The first-order valence-corrected chi connectivity index (χ1v) is 3.44. The maximum Gasteiger partial charge on any atom is 0.142 e. The van der Waals surface area contributed by atoms with Gasteiger partial charge in [0, 0.05) is 5.39 Å². The second-order valence-electron chi connectivity index (χ2n) is 2.19. The molecule has 0 saturated carbocycles. The largest absolute Gasteiger partial charge is 0.278 e. The molecule has 1 N–H and O–H groups in total. The summed E-state index contributed by atoms with van der Waals surface area (Å²) in [6, 6.07) is 2.91. The molecule has 0 bridgehead atoms. The summed E-state index contributed by atoms with van der Waals surface area (Å²) >= 11 is 5.63. The molecule has 2 aromatic rings. The smallest absolute Gasteiger partial charge is 0.142 e. The van der Waals surface area contributed by atoms with Crippen molar-refractivity contribution in [2.24, 2.45) is 0 Å². The molecule has 0 fully saturated rings. The minimum absolute atomic E-state index is 0.122. The highest BCUT2D eigenvalue weighted by Gasteiger charge is 2.04. The Bertz CT molecular complexity index is 396. The molecule has 11 heavy (non-hydrogen) atoms. The lowest BCUT2D eigenvalue weighted by Gasteiger charge is -1.92. The van der Waals surface area contributed by atoms with Crippen LogP contribution in [0, 0.1) is 5.82 Å². The lowest BCUT2D eigenvalue weighted by molar-refractivity contribution is 0.630. The van der Waals surface area contributed by atoms with Gasteiger partial charge < -0.3 is 0 Å². The van der Waals surface area contributed by atoms with Crippen molar-refractivity contribution in [1.29, 1.82) is 0 Å². The number of hydrogen-bond acceptors (Lipinski definition) is 1. The predicted molar refractivity (Wildman–Crippen MR) is 41.1 cm³/mol. The monoisotopic (exact) mass is 170 g/mol. The average molecular weight is 171 g/mol. The van der Waals surface area contributed by atoms with Gasteiger partial charge in [0.1, 0.15) is 5.82 Å². The van der Waals surface area contributed by atoms with Crippen LogP contribution in [0.5, 0.6) is 0 Å². The van der Waals surface area contributed by atoms with E-state index in [-0.39, 0.29) is 5.02 Å². The molecule has 0 radical (unpaired) electrons. The third-order valence-electron chi connectivity index (χ3n) is 1.51. The van der Waals surface area contributed by atoms with Crippen LogP contribution in [0.2, 0.25) is 5.02 Å². The first kappa shape index (κ1) is 6.61. The molecule has 2 nitrogen and oxygen atoms in total. The molecule has 1 aromatic carbocycles. The van der Waals surface area contributed by atoms with E-state index in [4.69, 9.17) is 11.6 Å². The molecule has 4 heteroatoms. The molecule has 0 aliphatic heterocycles. The number of benzene rings is 1. The van der Waals surface area contributed by atoms with Gasteiger partial charge in [-0.15, -0.1) is 0 Å². The second kappa shape index (κ2) is 2.20. The third kappa shape index (κ3) is 0.886. The number of rotatable bonds is 0. The van der Waals surface area contributed by atoms with E-state index in [1.807, 2.05) is 0 Å². The van der Waals surface area contributed by atoms with Gasteiger partial charge in [0.25, 0.3) is 0 Å². The van der Waals surface area contributed by atoms with E-state index >= 15 is 0 Å². The van der Waals surface area contributed by atoms with Crippen molar-refractivity contribution in [3.05, 3.63) is 29.2 Å². The Hall–Kier alpha value is -1.09. The number of aromatic amines is 1. The zero-order valence-electron chi connectivity index (χ0n) is 5.44. The van der Waals surface area contributed by atoms with Gasteiger partial charge in [-0.2, -0.15) is 5.10 Å². The van der Waals surface area contributed by atoms with Crippen LogP contribution >= 0.6 is 11.6 Å². The van der Waals surface area contributed by atoms with Crippen LogP contribution in [0.4, 0.5) is 4.39 Å². The number of H-pyrrole nitrogens is 1. The molecule has 56 valence electrons. The Morgan fingerprint density at radius 3 is 3.09 bits per heavy atom. The van der Waals surface area contributed by atoms with Gasteiger partial charge >= 0.3 is 0 Å². The highest BCUT2D eigenvalue weighted by Crippen LogP contribution is 2.23. The van der Waals surface area contributed by atoms with Crippen LogP contribution in [0.1, 0.15) is 0 Å². The van der Waals surface area contributed by atoms with Crippen molar-refractivity contribution in [2.45, 2.75) is 0 Å². The van der Waals surface area contributed by atoms with Crippen molar-refractivity contribution in [3.8, 4) is 0 Å². The molecule has 0 atom stereocenters. The van der Waals surface area contributed by atoms with E-state index in [1.165, 1.54) is 12.3 Å². The lowest BCUT2D eigenvalue weighted by atomic mass is 10.2. The van der Waals surface area contributed by atoms with E-state index in [0.29, 0.717) is 5.39 Å². The van der Waals surface area contributed by atoms with Gasteiger partial charge in [0.05, 0.1) is 16.7 Å². The van der Waals surface area contributed by atoms with E-state index in [2.05, 4.69) is 10.2 Å². The Morgan fingerprint density at radius 2 is 2.27 bits per heavy atom. The average Bonchev–Trinajstić information content (AvgIpc) is 2.45. The molecule has 0 spiro atoms. The first-order chi connectivity index (χ1) is 5.29. The van der Waals surface area contributed by atoms with Gasteiger partial charge in [-0.05, 0) is 12.1 Å². The highest BCUT2D eigenvalue weighted by molar-refractivity contribution is 6.35. The molecule has 1 heterocycles. The van der Waals surface area contributed by atoms with E-state index in [0.717, 1.165) is 5.52 Å². The lowest BCUT2D eigenvalue weighted by Crippen LogP contribution is -1.76. The molecular weight excluding hydrogens is 167 g/mol. The summed E-state index contributed by atoms with van der Waals surface area (Å²) < 4.78 is 12.8. The number of nitrogens with one attached hydrogen (secondary N) is 1. The minimum Gasteiger partial charge on any atom is -0.278 e. The number of nitrogens with zero attached hydrogens (tertiary/aromatic N) is 1. The quantitative estimate of drug-likeness (QED) is 0.646. The number of halogens is 2. The molecule has 2 rings (SSSR count). The highest BCUT2D eigenvalue weighted by atomic mass is 35.5. The summed E-state index contributed by atoms with van der Waals surface area (Å²) in [4.78, 5) is 0. The van der Waals surface area contributed by atoms with Gasteiger partial charge in [-0.1, -0.05) is 11.6 Å². The number of aromatic nitrogens is 2. The van der Waals surface area contributed by atoms with Crippen molar-refractivity contribution in [2.75, 3.05) is 0 Å². The van der Waals surface area contributed by atoms with E-state index < -0.39 is 5.82 Å². The van der Waals surface area contributed by atoms with Crippen molar-refractivity contribution >= 4 is 22.5 Å². The molecule has 0 saturated heterocycles. The first-order valence-electron chi connectivity index (χ1n) is 3.06. The molecule has 0 amide bonds. The maximum absolute atomic E-state index is 12.8.